The fraction of sp³-hybridized carbons (Fsp3) is 0.645. The first-order valence-corrected chi connectivity index (χ1v) is 14.1. The number of benzene rings is 1. The maximum absolute atomic E-state index is 12.3. The van der Waals surface area contributed by atoms with Gasteiger partial charge >= 0.3 is 0 Å². The Morgan fingerprint density at radius 2 is 1.77 bits per heavy atom. The highest BCUT2D eigenvalue weighted by atomic mass is 16.7. The molecule has 7 rings (SSSR count). The first kappa shape index (κ1) is 22.2. The van der Waals surface area contributed by atoms with Crippen LogP contribution in [0.5, 0.6) is 11.5 Å². The summed E-state index contributed by atoms with van der Waals surface area (Å²) in [5.74, 6) is 3.14. The van der Waals surface area contributed by atoms with Crippen molar-refractivity contribution in [1.29, 1.82) is 0 Å². The van der Waals surface area contributed by atoms with Gasteiger partial charge in [0.05, 0.1) is 6.10 Å². The minimum Gasteiger partial charge on any atom is -0.448 e. The Labute approximate surface area is 208 Å². The van der Waals surface area contributed by atoms with E-state index in [-0.39, 0.29) is 11.5 Å². The first-order valence-electron chi connectivity index (χ1n) is 14.1. The summed E-state index contributed by atoms with van der Waals surface area (Å²) in [5.41, 5.74) is 5.87. The molecule has 186 valence electrons. The molecule has 5 unspecified atom stereocenters. The largest absolute Gasteiger partial charge is 0.448 e. The molecule has 1 N–H and O–H groups in total. The van der Waals surface area contributed by atoms with Gasteiger partial charge in [0.1, 0.15) is 0 Å². The molecule has 0 bridgehead atoms. The van der Waals surface area contributed by atoms with Crippen LogP contribution in [0.25, 0.3) is 0 Å². The van der Waals surface area contributed by atoms with E-state index >= 15 is 0 Å². The smallest absolute Gasteiger partial charge is 0.251 e. The number of fused-ring (bicyclic) bond motifs is 5. The lowest BCUT2D eigenvalue weighted by atomic mass is 9.49. The van der Waals surface area contributed by atoms with E-state index in [1.54, 1.807) is 5.57 Å². The molecule has 4 heteroatoms. The molecule has 1 aliphatic heterocycles. The van der Waals surface area contributed by atoms with Gasteiger partial charge in [0.15, 0.2) is 17.3 Å². The predicted octanol–water partition coefficient (Wildman–Crippen LogP) is 6.77. The molecule has 0 aromatic heterocycles. The van der Waals surface area contributed by atoms with Crippen molar-refractivity contribution < 1.29 is 19.4 Å². The minimum absolute atomic E-state index is 0.143. The molecular formula is C31H38O4. The van der Waals surface area contributed by atoms with Crippen molar-refractivity contribution in [3.8, 4) is 11.5 Å². The van der Waals surface area contributed by atoms with Crippen LogP contribution >= 0.6 is 0 Å². The summed E-state index contributed by atoms with van der Waals surface area (Å²) >= 11 is 0. The third-order valence-electron chi connectivity index (χ3n) is 10.3. The Balaban J connectivity index is 1.31. The van der Waals surface area contributed by atoms with Gasteiger partial charge in [-0.3, -0.25) is 4.79 Å². The van der Waals surface area contributed by atoms with E-state index in [2.05, 4.69) is 25.1 Å². The molecule has 1 aromatic rings. The molecule has 1 spiro atoms. The SMILES string of the molecule is CC12CC(O)CCC1C1CCC3=CC(=O)CCC3=C1C(c1ccc3c(c1)OC1(CCCCC1)O3)C2. The molecule has 0 radical (unpaired) electrons. The number of aliphatic hydroxyl groups is 1. The fourth-order valence-electron chi connectivity index (χ4n) is 8.82. The summed E-state index contributed by atoms with van der Waals surface area (Å²) < 4.78 is 12.9. The third kappa shape index (κ3) is 3.54. The molecule has 5 aliphatic carbocycles. The normalized spacial score (nSPS) is 37.4. The number of allylic oxidation sites excluding steroid dienone is 4. The second-order valence-corrected chi connectivity index (χ2v) is 12.5. The van der Waals surface area contributed by atoms with Crippen molar-refractivity contribution in [2.45, 2.75) is 108 Å². The Bertz CT molecular complexity index is 1120. The predicted molar refractivity (Wildman–Crippen MR) is 134 cm³/mol. The van der Waals surface area contributed by atoms with Crippen LogP contribution in [0.15, 0.2) is 41.0 Å². The number of hydrogen-bond donors (Lipinski definition) is 1. The molecule has 4 nitrogen and oxygen atoms in total. The van der Waals surface area contributed by atoms with Crippen LogP contribution in [0.4, 0.5) is 0 Å². The van der Waals surface area contributed by atoms with Crippen LogP contribution in [0.3, 0.4) is 0 Å². The Morgan fingerprint density at radius 3 is 2.63 bits per heavy atom. The molecule has 0 amide bonds. The lowest BCUT2D eigenvalue weighted by Gasteiger charge is -2.56. The monoisotopic (exact) mass is 474 g/mol. The summed E-state index contributed by atoms with van der Waals surface area (Å²) in [5, 5.41) is 10.7. The topological polar surface area (TPSA) is 55.8 Å². The van der Waals surface area contributed by atoms with Crippen LogP contribution in [-0.4, -0.2) is 22.8 Å². The third-order valence-corrected chi connectivity index (χ3v) is 10.3. The first-order chi connectivity index (χ1) is 16.9. The van der Waals surface area contributed by atoms with E-state index in [0.717, 1.165) is 82.1 Å². The van der Waals surface area contributed by atoms with Gasteiger partial charge in [0.2, 0.25) is 0 Å². The molecule has 6 aliphatic rings. The standard InChI is InChI=1S/C31H38O4/c1-30-17-22(33)8-11-26(30)24-9-5-19-15-21(32)7-10-23(19)29(24)25(18-30)20-6-12-27-28(16-20)35-31(34-27)13-3-2-4-14-31/h6,12,15-16,22,24-26,33H,2-5,7-11,13-14,17-18H2,1H3. The van der Waals surface area contributed by atoms with Crippen LogP contribution in [0, 0.1) is 17.3 Å². The maximum atomic E-state index is 12.3. The summed E-state index contributed by atoms with van der Waals surface area (Å²) in [4.78, 5) is 12.3. The average Bonchev–Trinajstić information content (AvgIpc) is 3.19. The molecule has 1 heterocycles. The van der Waals surface area contributed by atoms with E-state index in [1.165, 1.54) is 23.1 Å². The van der Waals surface area contributed by atoms with Crippen LogP contribution in [0.2, 0.25) is 0 Å². The molecule has 3 fully saturated rings. The number of ether oxygens (including phenoxy) is 2. The molecule has 35 heavy (non-hydrogen) atoms. The summed E-state index contributed by atoms with van der Waals surface area (Å²) in [6.07, 6.45) is 15.0. The van der Waals surface area contributed by atoms with Gasteiger partial charge in [0, 0.05) is 25.2 Å². The number of carbonyl (C=O) groups is 1. The van der Waals surface area contributed by atoms with E-state index in [9.17, 15) is 9.90 Å². The summed E-state index contributed by atoms with van der Waals surface area (Å²) in [6.45, 7) is 2.44. The quantitative estimate of drug-likeness (QED) is 0.488. The van der Waals surface area contributed by atoms with E-state index in [4.69, 9.17) is 9.47 Å². The Kier molecular flexibility index (Phi) is 5.04. The molecule has 3 saturated carbocycles. The van der Waals surface area contributed by atoms with E-state index in [1.807, 2.05) is 6.08 Å². The highest BCUT2D eigenvalue weighted by Gasteiger charge is 2.53. The highest BCUT2D eigenvalue weighted by Crippen LogP contribution is 2.63. The van der Waals surface area contributed by atoms with Crippen molar-refractivity contribution in [2.24, 2.45) is 17.3 Å². The average molecular weight is 475 g/mol. The second-order valence-electron chi connectivity index (χ2n) is 12.5. The van der Waals surface area contributed by atoms with Crippen molar-refractivity contribution >= 4 is 5.78 Å². The van der Waals surface area contributed by atoms with Gasteiger partial charge in [-0.05, 0) is 110 Å². The van der Waals surface area contributed by atoms with E-state index in [0.29, 0.717) is 30.0 Å². The number of ketones is 1. The highest BCUT2D eigenvalue weighted by molar-refractivity contribution is 5.93. The van der Waals surface area contributed by atoms with Crippen molar-refractivity contribution in [3.05, 3.63) is 46.6 Å². The second kappa shape index (κ2) is 7.96. The van der Waals surface area contributed by atoms with E-state index < -0.39 is 5.79 Å². The molecule has 0 saturated heterocycles. The van der Waals surface area contributed by atoms with Crippen molar-refractivity contribution in [1.82, 2.24) is 0 Å². The lowest BCUT2D eigenvalue weighted by molar-refractivity contribution is -0.114. The maximum Gasteiger partial charge on any atom is 0.251 e. The van der Waals surface area contributed by atoms with Gasteiger partial charge in [0.25, 0.3) is 5.79 Å². The zero-order valence-electron chi connectivity index (χ0n) is 21.0. The fourth-order valence-corrected chi connectivity index (χ4v) is 8.82. The van der Waals surface area contributed by atoms with Crippen molar-refractivity contribution in [2.75, 3.05) is 0 Å². The number of aliphatic hydroxyl groups excluding tert-OH is 1. The lowest BCUT2D eigenvalue weighted by Crippen LogP contribution is -2.47. The summed E-state index contributed by atoms with van der Waals surface area (Å²) in [6, 6.07) is 6.68. The van der Waals surface area contributed by atoms with Gasteiger partial charge in [-0.15, -0.1) is 0 Å². The minimum atomic E-state index is -0.453. The summed E-state index contributed by atoms with van der Waals surface area (Å²) in [7, 11) is 0. The Morgan fingerprint density at radius 1 is 0.943 bits per heavy atom. The van der Waals surface area contributed by atoms with Gasteiger partial charge in [-0.1, -0.05) is 25.0 Å². The van der Waals surface area contributed by atoms with Gasteiger partial charge < -0.3 is 14.6 Å². The molecule has 5 atom stereocenters. The van der Waals surface area contributed by atoms with Gasteiger partial charge in [-0.2, -0.15) is 0 Å². The molecular weight excluding hydrogens is 436 g/mol. The zero-order valence-corrected chi connectivity index (χ0v) is 21.0. The van der Waals surface area contributed by atoms with Crippen LogP contribution in [-0.2, 0) is 4.79 Å². The zero-order chi connectivity index (χ0) is 23.8. The number of rotatable bonds is 1. The van der Waals surface area contributed by atoms with Crippen LogP contribution in [0.1, 0.15) is 102 Å². The molecule has 1 aromatic carbocycles. The number of carbonyl (C=O) groups excluding carboxylic acids is 1. The van der Waals surface area contributed by atoms with Gasteiger partial charge in [-0.25, -0.2) is 0 Å². The van der Waals surface area contributed by atoms with Crippen LogP contribution < -0.4 is 9.47 Å². The Hall–Kier alpha value is -2.07. The van der Waals surface area contributed by atoms with Crippen molar-refractivity contribution in [3.63, 3.8) is 0 Å². The number of hydrogen-bond acceptors (Lipinski definition) is 4.